The fraction of sp³-hybridized carbons (Fsp3) is 0.300. The van der Waals surface area contributed by atoms with Crippen LogP contribution in [0.5, 0.6) is 0 Å². The van der Waals surface area contributed by atoms with Crippen LogP contribution in [0.4, 0.5) is 10.5 Å². The minimum absolute atomic E-state index is 0.171. The van der Waals surface area contributed by atoms with Gasteiger partial charge in [0.25, 0.3) is 0 Å². The van der Waals surface area contributed by atoms with Crippen molar-refractivity contribution in [1.29, 1.82) is 0 Å². The number of aryl methyl sites for hydroxylation is 1. The van der Waals surface area contributed by atoms with Crippen molar-refractivity contribution >= 4 is 11.8 Å². The smallest absolute Gasteiger partial charge is 0.411 e. The molecule has 2 heterocycles. The molecular formula is C20H23N5O3. The van der Waals surface area contributed by atoms with Crippen molar-refractivity contribution in [3.05, 3.63) is 70.3 Å². The van der Waals surface area contributed by atoms with E-state index in [4.69, 9.17) is 0 Å². The fourth-order valence-corrected chi connectivity index (χ4v) is 2.91. The largest absolute Gasteiger partial charge is 0.465 e. The van der Waals surface area contributed by atoms with E-state index in [9.17, 15) is 14.7 Å². The summed E-state index contributed by atoms with van der Waals surface area (Å²) in [7, 11) is 1.81. The molecule has 0 saturated carbocycles. The quantitative estimate of drug-likeness (QED) is 0.709. The lowest BCUT2D eigenvalue weighted by Gasteiger charge is -2.22. The number of carbonyl (C=O) groups is 1. The van der Waals surface area contributed by atoms with Crippen LogP contribution in [-0.2, 0) is 13.5 Å². The Kier molecular flexibility index (Phi) is 5.58. The maximum absolute atomic E-state index is 12.3. The molecule has 8 heteroatoms. The molecule has 3 aromatic rings. The third-order valence-electron chi connectivity index (χ3n) is 4.19. The van der Waals surface area contributed by atoms with Gasteiger partial charge in [-0.25, -0.2) is 9.48 Å². The second-order valence-electron chi connectivity index (χ2n) is 7.05. The molecule has 1 aromatic carbocycles. The maximum Gasteiger partial charge on any atom is 0.411 e. The van der Waals surface area contributed by atoms with Gasteiger partial charge in [0, 0.05) is 50.2 Å². The van der Waals surface area contributed by atoms with Gasteiger partial charge >= 0.3 is 6.09 Å². The average molecular weight is 381 g/mol. The Morgan fingerprint density at radius 1 is 1.18 bits per heavy atom. The summed E-state index contributed by atoms with van der Waals surface area (Å²) in [5, 5.41) is 18.2. The molecule has 0 saturated heterocycles. The van der Waals surface area contributed by atoms with Crippen LogP contribution in [0, 0.1) is 5.92 Å². The molecule has 0 bridgehead atoms. The number of carboxylic acid groups (broad SMARTS) is 1. The van der Waals surface area contributed by atoms with Gasteiger partial charge in [-0.15, -0.1) is 0 Å². The molecule has 28 heavy (non-hydrogen) atoms. The van der Waals surface area contributed by atoms with Crippen molar-refractivity contribution < 1.29 is 9.90 Å². The van der Waals surface area contributed by atoms with Crippen molar-refractivity contribution in [3.8, 4) is 5.82 Å². The van der Waals surface area contributed by atoms with Gasteiger partial charge in [0.2, 0.25) is 5.43 Å². The first-order valence-corrected chi connectivity index (χ1v) is 9.02. The van der Waals surface area contributed by atoms with Crippen LogP contribution < -0.4 is 10.3 Å². The number of hydrogen-bond acceptors (Lipinski definition) is 4. The zero-order valence-electron chi connectivity index (χ0n) is 16.1. The van der Waals surface area contributed by atoms with E-state index in [0.717, 1.165) is 5.56 Å². The lowest BCUT2D eigenvalue weighted by molar-refractivity contribution is 0.201. The van der Waals surface area contributed by atoms with E-state index in [1.54, 1.807) is 46.0 Å². The summed E-state index contributed by atoms with van der Waals surface area (Å²) in [6, 6.07) is 10.5. The standard InChI is InChI=1S/C20H23N5O3/c1-14(2)13-24(20(27)28)16-6-4-5-15(11-16)12-17-18(26)7-10-25(21-17)19-8-9-23(3)22-19/h4-11,14H,12-13H2,1-3H3,(H,27,28). The maximum atomic E-state index is 12.3. The predicted octanol–water partition coefficient (Wildman–Crippen LogP) is 2.70. The number of anilines is 1. The molecule has 1 N–H and O–H groups in total. The second-order valence-corrected chi connectivity index (χ2v) is 7.05. The van der Waals surface area contributed by atoms with Crippen molar-refractivity contribution in [1.82, 2.24) is 19.6 Å². The summed E-state index contributed by atoms with van der Waals surface area (Å²) in [6.07, 6.45) is 2.68. The summed E-state index contributed by atoms with van der Waals surface area (Å²) in [5.41, 5.74) is 1.60. The van der Waals surface area contributed by atoms with Gasteiger partial charge in [-0.3, -0.25) is 14.4 Å². The van der Waals surface area contributed by atoms with Crippen molar-refractivity contribution in [2.75, 3.05) is 11.4 Å². The highest BCUT2D eigenvalue weighted by molar-refractivity contribution is 5.86. The van der Waals surface area contributed by atoms with E-state index >= 15 is 0 Å². The van der Waals surface area contributed by atoms with Crippen LogP contribution in [0.1, 0.15) is 25.1 Å². The number of amides is 1. The first-order valence-electron chi connectivity index (χ1n) is 9.02. The van der Waals surface area contributed by atoms with E-state index in [0.29, 0.717) is 30.2 Å². The Morgan fingerprint density at radius 2 is 1.96 bits per heavy atom. The molecule has 0 aliphatic carbocycles. The van der Waals surface area contributed by atoms with Gasteiger partial charge in [0.15, 0.2) is 5.82 Å². The van der Waals surface area contributed by atoms with Crippen LogP contribution in [0.3, 0.4) is 0 Å². The highest BCUT2D eigenvalue weighted by Gasteiger charge is 2.16. The first kappa shape index (κ1) is 19.3. The average Bonchev–Trinajstić information content (AvgIpc) is 3.08. The number of benzene rings is 1. The van der Waals surface area contributed by atoms with Crippen molar-refractivity contribution in [2.24, 2.45) is 13.0 Å². The Balaban J connectivity index is 1.90. The minimum atomic E-state index is -0.999. The third-order valence-corrected chi connectivity index (χ3v) is 4.19. The SMILES string of the molecule is CC(C)CN(C(=O)O)c1cccc(Cc2nn(-c3ccn(C)n3)ccc2=O)c1. The predicted molar refractivity (Wildman–Crippen MR) is 106 cm³/mol. The van der Waals surface area contributed by atoms with Gasteiger partial charge in [-0.05, 0) is 23.6 Å². The van der Waals surface area contributed by atoms with Crippen LogP contribution in [0.2, 0.25) is 0 Å². The molecule has 0 aliphatic rings. The Morgan fingerprint density at radius 3 is 2.61 bits per heavy atom. The van der Waals surface area contributed by atoms with Gasteiger partial charge in [-0.2, -0.15) is 10.2 Å². The highest BCUT2D eigenvalue weighted by Crippen LogP contribution is 2.19. The molecule has 0 atom stereocenters. The number of aromatic nitrogens is 4. The van der Waals surface area contributed by atoms with Crippen molar-refractivity contribution in [3.63, 3.8) is 0 Å². The van der Waals surface area contributed by atoms with E-state index in [1.807, 2.05) is 27.0 Å². The number of hydrogen-bond donors (Lipinski definition) is 1. The Hall–Kier alpha value is -3.42. The first-order chi connectivity index (χ1) is 13.3. The normalized spacial score (nSPS) is 11.0. The Bertz CT molecular complexity index is 1040. The zero-order chi connectivity index (χ0) is 20.3. The number of nitrogens with zero attached hydrogens (tertiary/aromatic N) is 5. The van der Waals surface area contributed by atoms with Gasteiger partial charge in [-0.1, -0.05) is 26.0 Å². The van der Waals surface area contributed by atoms with E-state index in [1.165, 1.54) is 11.0 Å². The number of rotatable bonds is 6. The lowest BCUT2D eigenvalue weighted by Crippen LogP contribution is -2.32. The molecule has 0 unspecified atom stereocenters. The van der Waals surface area contributed by atoms with E-state index in [-0.39, 0.29) is 11.3 Å². The fourth-order valence-electron chi connectivity index (χ4n) is 2.91. The molecule has 0 spiro atoms. The summed E-state index contributed by atoms with van der Waals surface area (Å²) in [4.78, 5) is 25.2. The topological polar surface area (TPSA) is 93.2 Å². The van der Waals surface area contributed by atoms with E-state index in [2.05, 4.69) is 10.2 Å². The molecule has 2 aromatic heterocycles. The van der Waals surface area contributed by atoms with Crippen LogP contribution in [0.15, 0.2) is 53.6 Å². The summed E-state index contributed by atoms with van der Waals surface area (Å²) in [6.45, 7) is 4.33. The minimum Gasteiger partial charge on any atom is -0.465 e. The third kappa shape index (κ3) is 4.46. The van der Waals surface area contributed by atoms with Crippen LogP contribution in [0.25, 0.3) is 5.82 Å². The van der Waals surface area contributed by atoms with Gasteiger partial charge < -0.3 is 5.11 Å². The summed E-state index contributed by atoms with van der Waals surface area (Å²) >= 11 is 0. The van der Waals surface area contributed by atoms with Crippen molar-refractivity contribution in [2.45, 2.75) is 20.3 Å². The lowest BCUT2D eigenvalue weighted by atomic mass is 10.1. The van der Waals surface area contributed by atoms with Crippen LogP contribution >= 0.6 is 0 Å². The highest BCUT2D eigenvalue weighted by atomic mass is 16.4. The molecule has 146 valence electrons. The molecule has 0 fully saturated rings. The molecule has 0 aliphatic heterocycles. The molecule has 0 radical (unpaired) electrons. The molecule has 8 nitrogen and oxygen atoms in total. The zero-order valence-corrected chi connectivity index (χ0v) is 16.1. The van der Waals surface area contributed by atoms with Gasteiger partial charge in [0.05, 0.1) is 0 Å². The monoisotopic (exact) mass is 381 g/mol. The van der Waals surface area contributed by atoms with E-state index < -0.39 is 6.09 Å². The molecular weight excluding hydrogens is 358 g/mol. The summed E-state index contributed by atoms with van der Waals surface area (Å²) < 4.78 is 3.22. The summed E-state index contributed by atoms with van der Waals surface area (Å²) in [5.74, 6) is 0.813. The Labute approximate surface area is 162 Å². The van der Waals surface area contributed by atoms with Crippen LogP contribution in [-0.4, -0.2) is 37.3 Å². The molecule has 1 amide bonds. The molecule has 3 rings (SSSR count). The van der Waals surface area contributed by atoms with Gasteiger partial charge in [0.1, 0.15) is 5.69 Å². The second kappa shape index (κ2) is 8.08.